The number of hydrogen-bond acceptors (Lipinski definition) is 3. The van der Waals surface area contributed by atoms with Gasteiger partial charge in [-0.2, -0.15) is 0 Å². The fourth-order valence-corrected chi connectivity index (χ4v) is 1.88. The third-order valence-corrected chi connectivity index (χ3v) is 2.84. The minimum atomic E-state index is -0.649. The van der Waals surface area contributed by atoms with E-state index in [9.17, 15) is 9.59 Å². The second-order valence-corrected chi connectivity index (χ2v) is 6.18. The summed E-state index contributed by atoms with van der Waals surface area (Å²) in [5.74, 6) is -0.198. The molecule has 0 fully saturated rings. The van der Waals surface area contributed by atoms with Gasteiger partial charge in [0.2, 0.25) is 5.91 Å². The Kier molecular flexibility index (Phi) is 6.89. The Morgan fingerprint density at radius 1 is 1.18 bits per heavy atom. The van der Waals surface area contributed by atoms with E-state index < -0.39 is 17.7 Å². The zero-order valence-corrected chi connectivity index (χ0v) is 13.8. The summed E-state index contributed by atoms with van der Waals surface area (Å²) in [6.07, 6.45) is 0.686. The van der Waals surface area contributed by atoms with Gasteiger partial charge < -0.3 is 15.4 Å². The fourth-order valence-electron chi connectivity index (χ4n) is 1.88. The largest absolute Gasteiger partial charge is 0.444 e. The van der Waals surface area contributed by atoms with Crippen molar-refractivity contribution >= 4 is 12.0 Å². The van der Waals surface area contributed by atoms with Gasteiger partial charge in [-0.25, -0.2) is 4.79 Å². The van der Waals surface area contributed by atoms with Crippen LogP contribution in [0.5, 0.6) is 0 Å². The number of hydrogen-bond donors (Lipinski definition) is 2. The van der Waals surface area contributed by atoms with Crippen LogP contribution in [0.15, 0.2) is 30.3 Å². The second-order valence-electron chi connectivity index (χ2n) is 6.18. The van der Waals surface area contributed by atoms with Gasteiger partial charge in [0.15, 0.2) is 0 Å². The molecule has 5 heteroatoms. The molecule has 2 N–H and O–H groups in total. The van der Waals surface area contributed by atoms with Crippen LogP contribution in [0.3, 0.4) is 0 Å². The van der Waals surface area contributed by atoms with Gasteiger partial charge in [-0.3, -0.25) is 4.79 Å². The Bertz CT molecular complexity index is 480. The predicted octanol–water partition coefficient (Wildman–Crippen LogP) is 2.65. The van der Waals surface area contributed by atoms with Crippen LogP contribution in [-0.2, 0) is 16.0 Å². The van der Waals surface area contributed by atoms with E-state index >= 15 is 0 Å². The highest BCUT2D eigenvalue weighted by Gasteiger charge is 2.24. The van der Waals surface area contributed by atoms with Crippen LogP contribution in [-0.4, -0.2) is 30.2 Å². The molecule has 0 radical (unpaired) electrons. The van der Waals surface area contributed by atoms with Crippen molar-refractivity contribution in [3.8, 4) is 0 Å². The summed E-state index contributed by atoms with van der Waals surface area (Å²) < 4.78 is 5.23. The molecule has 0 aliphatic carbocycles. The maximum atomic E-state index is 12.2. The molecule has 1 atom stereocenters. The molecule has 0 saturated carbocycles. The van der Waals surface area contributed by atoms with Gasteiger partial charge in [0.1, 0.15) is 11.6 Å². The van der Waals surface area contributed by atoms with Crippen LogP contribution in [0.4, 0.5) is 4.79 Å². The van der Waals surface area contributed by atoms with E-state index in [1.54, 1.807) is 20.8 Å². The van der Waals surface area contributed by atoms with Gasteiger partial charge in [-0.05, 0) is 32.8 Å². The quantitative estimate of drug-likeness (QED) is 0.849. The average Bonchev–Trinajstić information content (AvgIpc) is 2.43. The molecule has 1 rings (SSSR count). The maximum absolute atomic E-state index is 12.2. The number of ether oxygens (including phenoxy) is 1. The first-order valence-corrected chi connectivity index (χ1v) is 7.63. The van der Waals surface area contributed by atoms with E-state index in [0.29, 0.717) is 13.0 Å². The fraction of sp³-hybridized carbons (Fsp3) is 0.529. The Balaban J connectivity index is 2.73. The van der Waals surface area contributed by atoms with Gasteiger partial charge in [0.25, 0.3) is 0 Å². The summed E-state index contributed by atoms with van der Waals surface area (Å²) in [4.78, 5) is 24.2. The lowest BCUT2D eigenvalue weighted by atomic mass is 10.1. The molecule has 122 valence electrons. The van der Waals surface area contributed by atoms with Crippen molar-refractivity contribution in [2.45, 2.75) is 52.2 Å². The summed E-state index contributed by atoms with van der Waals surface area (Å²) in [5.41, 5.74) is 0.386. The monoisotopic (exact) mass is 306 g/mol. The summed E-state index contributed by atoms with van der Waals surface area (Å²) >= 11 is 0. The highest BCUT2D eigenvalue weighted by molar-refractivity contribution is 5.85. The molecular weight excluding hydrogens is 280 g/mol. The number of carbonyl (C=O) groups excluding carboxylic acids is 2. The zero-order chi connectivity index (χ0) is 16.6. The third-order valence-electron chi connectivity index (χ3n) is 2.84. The molecule has 1 aromatic rings. The van der Waals surface area contributed by atoms with Crippen LogP contribution in [0.1, 0.15) is 39.7 Å². The molecule has 0 aromatic heterocycles. The van der Waals surface area contributed by atoms with Gasteiger partial charge in [-0.15, -0.1) is 0 Å². The van der Waals surface area contributed by atoms with Crippen molar-refractivity contribution in [3.63, 3.8) is 0 Å². The molecule has 2 amide bonds. The number of nitrogens with one attached hydrogen (secondary N) is 2. The average molecular weight is 306 g/mol. The van der Waals surface area contributed by atoms with Gasteiger partial charge in [0.05, 0.1) is 0 Å². The van der Waals surface area contributed by atoms with Crippen LogP contribution in [0.2, 0.25) is 0 Å². The van der Waals surface area contributed by atoms with E-state index in [1.165, 1.54) is 0 Å². The first kappa shape index (κ1) is 18.0. The van der Waals surface area contributed by atoms with Crippen LogP contribution in [0, 0.1) is 0 Å². The molecule has 0 heterocycles. The van der Waals surface area contributed by atoms with Crippen LogP contribution in [0.25, 0.3) is 0 Å². The smallest absolute Gasteiger partial charge is 0.408 e. The molecule has 0 aliphatic heterocycles. The normalized spacial score (nSPS) is 12.4. The standard InChI is InChI=1S/C17H26N2O3/c1-5-11-18-15(20)14(12-13-9-7-6-8-10-13)19-16(21)22-17(2,3)4/h6-10,14H,5,11-12H2,1-4H3,(H,18,20)(H,19,21)/t14-/m0/s1. The third kappa shape index (κ3) is 7.11. The molecule has 0 saturated heterocycles. The van der Waals surface area contributed by atoms with Crippen molar-refractivity contribution in [2.24, 2.45) is 0 Å². The van der Waals surface area contributed by atoms with Crippen LogP contribution < -0.4 is 10.6 Å². The Labute approximate surface area is 132 Å². The summed E-state index contributed by atoms with van der Waals surface area (Å²) in [7, 11) is 0. The maximum Gasteiger partial charge on any atom is 0.408 e. The van der Waals surface area contributed by atoms with E-state index in [-0.39, 0.29) is 5.91 Å². The first-order valence-electron chi connectivity index (χ1n) is 7.63. The number of carbonyl (C=O) groups is 2. The Morgan fingerprint density at radius 2 is 1.82 bits per heavy atom. The molecular formula is C17H26N2O3. The van der Waals surface area contributed by atoms with Crippen molar-refractivity contribution in [3.05, 3.63) is 35.9 Å². The topological polar surface area (TPSA) is 67.4 Å². The van der Waals surface area contributed by atoms with Gasteiger partial charge in [-0.1, -0.05) is 37.3 Å². The highest BCUT2D eigenvalue weighted by atomic mass is 16.6. The van der Waals surface area contributed by atoms with Crippen molar-refractivity contribution in [2.75, 3.05) is 6.54 Å². The first-order chi connectivity index (χ1) is 10.3. The number of alkyl carbamates (subject to hydrolysis) is 1. The highest BCUT2D eigenvalue weighted by Crippen LogP contribution is 2.08. The molecule has 0 spiro atoms. The van der Waals surface area contributed by atoms with E-state index in [0.717, 1.165) is 12.0 Å². The summed E-state index contributed by atoms with van der Waals surface area (Å²) in [5, 5.41) is 5.47. The Hall–Kier alpha value is -2.04. The summed E-state index contributed by atoms with van der Waals surface area (Å²) in [6, 6.07) is 8.93. The molecule has 5 nitrogen and oxygen atoms in total. The minimum Gasteiger partial charge on any atom is -0.444 e. The molecule has 0 bridgehead atoms. The zero-order valence-electron chi connectivity index (χ0n) is 13.8. The molecule has 22 heavy (non-hydrogen) atoms. The summed E-state index contributed by atoms with van der Waals surface area (Å²) in [6.45, 7) is 7.93. The number of rotatable bonds is 6. The number of benzene rings is 1. The van der Waals surface area contributed by atoms with Crippen molar-refractivity contribution < 1.29 is 14.3 Å². The Morgan fingerprint density at radius 3 is 2.36 bits per heavy atom. The van der Waals surface area contributed by atoms with Crippen LogP contribution >= 0.6 is 0 Å². The lowest BCUT2D eigenvalue weighted by Gasteiger charge is -2.23. The number of amides is 2. The minimum absolute atomic E-state index is 0.198. The predicted molar refractivity (Wildman–Crippen MR) is 86.6 cm³/mol. The van der Waals surface area contributed by atoms with Gasteiger partial charge >= 0.3 is 6.09 Å². The molecule has 1 aromatic carbocycles. The van der Waals surface area contributed by atoms with E-state index in [2.05, 4.69) is 10.6 Å². The SMILES string of the molecule is CCCNC(=O)[C@H](Cc1ccccc1)NC(=O)OC(C)(C)C. The van der Waals surface area contributed by atoms with Crippen molar-refractivity contribution in [1.29, 1.82) is 0 Å². The molecule has 0 unspecified atom stereocenters. The molecule has 0 aliphatic rings. The van der Waals surface area contributed by atoms with Crippen molar-refractivity contribution in [1.82, 2.24) is 10.6 Å². The lowest BCUT2D eigenvalue weighted by Crippen LogP contribution is -2.49. The van der Waals surface area contributed by atoms with Gasteiger partial charge in [0, 0.05) is 13.0 Å². The lowest BCUT2D eigenvalue weighted by molar-refractivity contribution is -0.123. The van der Waals surface area contributed by atoms with E-state index in [4.69, 9.17) is 4.74 Å². The van der Waals surface area contributed by atoms with E-state index in [1.807, 2.05) is 37.3 Å². The second kappa shape index (κ2) is 8.41.